The van der Waals surface area contributed by atoms with Crippen LogP contribution in [0.3, 0.4) is 0 Å². The molecule has 1 fully saturated rings. The Morgan fingerprint density at radius 3 is 2.18 bits per heavy atom. The van der Waals surface area contributed by atoms with E-state index < -0.39 is 0 Å². The molecule has 1 aromatic carbocycles. The third-order valence-electron chi connectivity index (χ3n) is 4.39. The summed E-state index contributed by atoms with van der Waals surface area (Å²) in [6, 6.07) is 11.7. The van der Waals surface area contributed by atoms with Crippen LogP contribution in [0, 0.1) is 0 Å². The molecule has 1 saturated carbocycles. The Hall–Kier alpha value is -0.860. The number of rotatable bonds is 3. The molecule has 0 unspecified atom stereocenters. The molecule has 94 valence electrons. The number of hydrogen-bond donors (Lipinski definition) is 1. The molecule has 0 aliphatic heterocycles. The SMILES string of the molecule is CN[C@H]1CC[C@](c2ccccc2)(N(C)C)CC1. The van der Waals surface area contributed by atoms with Gasteiger partial charge in [-0.2, -0.15) is 0 Å². The largest absolute Gasteiger partial charge is 0.317 e. The maximum atomic E-state index is 3.41. The third kappa shape index (κ3) is 2.38. The molecule has 1 aliphatic carbocycles. The Bertz CT molecular complexity index is 337. The fourth-order valence-corrected chi connectivity index (χ4v) is 3.13. The molecule has 0 spiro atoms. The van der Waals surface area contributed by atoms with E-state index in [9.17, 15) is 0 Å². The monoisotopic (exact) mass is 232 g/mol. The molecule has 1 N–H and O–H groups in total. The van der Waals surface area contributed by atoms with Gasteiger partial charge in [-0.05, 0) is 52.4 Å². The molecule has 1 aliphatic rings. The molecule has 2 heteroatoms. The van der Waals surface area contributed by atoms with Crippen LogP contribution in [0.2, 0.25) is 0 Å². The second kappa shape index (κ2) is 5.19. The smallest absolute Gasteiger partial charge is 0.0455 e. The number of nitrogens with zero attached hydrogens (tertiary/aromatic N) is 1. The average molecular weight is 232 g/mol. The lowest BCUT2D eigenvalue weighted by molar-refractivity contribution is 0.0870. The first-order valence-corrected chi connectivity index (χ1v) is 6.59. The van der Waals surface area contributed by atoms with Crippen LogP contribution in [0.5, 0.6) is 0 Å². The van der Waals surface area contributed by atoms with Crippen molar-refractivity contribution in [2.75, 3.05) is 21.1 Å². The molecule has 0 heterocycles. The van der Waals surface area contributed by atoms with Crippen LogP contribution in [-0.4, -0.2) is 32.1 Å². The summed E-state index contributed by atoms with van der Waals surface area (Å²) in [5.74, 6) is 0. The van der Waals surface area contributed by atoms with Gasteiger partial charge in [-0.15, -0.1) is 0 Å². The molecular weight excluding hydrogens is 208 g/mol. The fraction of sp³-hybridized carbons (Fsp3) is 0.600. The minimum atomic E-state index is 0.245. The second-order valence-electron chi connectivity index (χ2n) is 5.35. The zero-order valence-electron chi connectivity index (χ0n) is 11.2. The molecule has 0 saturated heterocycles. The molecule has 2 rings (SSSR count). The molecule has 17 heavy (non-hydrogen) atoms. The van der Waals surface area contributed by atoms with Crippen molar-refractivity contribution < 1.29 is 0 Å². The summed E-state index contributed by atoms with van der Waals surface area (Å²) in [5, 5.41) is 3.41. The third-order valence-corrected chi connectivity index (χ3v) is 4.39. The zero-order chi connectivity index (χ0) is 12.3. The first-order chi connectivity index (χ1) is 8.19. The normalized spacial score (nSPS) is 29.5. The van der Waals surface area contributed by atoms with E-state index in [1.54, 1.807) is 0 Å². The highest BCUT2D eigenvalue weighted by molar-refractivity contribution is 5.25. The molecule has 0 amide bonds. The van der Waals surface area contributed by atoms with E-state index in [0.29, 0.717) is 6.04 Å². The zero-order valence-corrected chi connectivity index (χ0v) is 11.2. The van der Waals surface area contributed by atoms with Crippen molar-refractivity contribution in [2.24, 2.45) is 0 Å². The van der Waals surface area contributed by atoms with Gasteiger partial charge in [0, 0.05) is 11.6 Å². The summed E-state index contributed by atoms with van der Waals surface area (Å²) >= 11 is 0. The van der Waals surface area contributed by atoms with Gasteiger partial charge in [0.25, 0.3) is 0 Å². The molecule has 2 nitrogen and oxygen atoms in total. The summed E-state index contributed by atoms with van der Waals surface area (Å²) in [6.07, 6.45) is 5.03. The second-order valence-corrected chi connectivity index (χ2v) is 5.35. The minimum Gasteiger partial charge on any atom is -0.317 e. The number of hydrogen-bond acceptors (Lipinski definition) is 2. The van der Waals surface area contributed by atoms with Crippen LogP contribution in [0.4, 0.5) is 0 Å². The van der Waals surface area contributed by atoms with E-state index in [2.05, 4.69) is 61.7 Å². The van der Waals surface area contributed by atoms with Gasteiger partial charge < -0.3 is 5.32 Å². The first kappa shape index (κ1) is 12.6. The Kier molecular flexibility index (Phi) is 3.85. The topological polar surface area (TPSA) is 15.3 Å². The van der Waals surface area contributed by atoms with Crippen molar-refractivity contribution in [3.8, 4) is 0 Å². The van der Waals surface area contributed by atoms with Gasteiger partial charge in [0.1, 0.15) is 0 Å². The van der Waals surface area contributed by atoms with E-state index in [4.69, 9.17) is 0 Å². The van der Waals surface area contributed by atoms with Crippen LogP contribution < -0.4 is 5.32 Å². The highest BCUT2D eigenvalue weighted by atomic mass is 15.1. The summed E-state index contributed by atoms with van der Waals surface area (Å²) in [7, 11) is 6.51. The highest BCUT2D eigenvalue weighted by Gasteiger charge is 2.38. The molecule has 0 aromatic heterocycles. The predicted octanol–water partition coefficient (Wildman–Crippen LogP) is 2.61. The minimum absolute atomic E-state index is 0.245. The lowest BCUT2D eigenvalue weighted by atomic mass is 9.74. The molecular formula is C15H24N2. The lowest BCUT2D eigenvalue weighted by Crippen LogP contribution is -2.47. The van der Waals surface area contributed by atoms with E-state index in [1.165, 1.54) is 31.2 Å². The summed E-state index contributed by atoms with van der Waals surface area (Å²) in [6.45, 7) is 0. The summed E-state index contributed by atoms with van der Waals surface area (Å²) < 4.78 is 0. The Morgan fingerprint density at radius 1 is 1.12 bits per heavy atom. The Balaban J connectivity index is 2.24. The number of benzene rings is 1. The average Bonchev–Trinajstić information content (AvgIpc) is 2.39. The van der Waals surface area contributed by atoms with Gasteiger partial charge in [-0.3, -0.25) is 4.90 Å². The van der Waals surface area contributed by atoms with Crippen LogP contribution in [0.1, 0.15) is 31.2 Å². The van der Waals surface area contributed by atoms with Crippen molar-refractivity contribution in [1.82, 2.24) is 10.2 Å². The lowest BCUT2D eigenvalue weighted by Gasteiger charge is -2.45. The van der Waals surface area contributed by atoms with Gasteiger partial charge in [-0.25, -0.2) is 0 Å². The first-order valence-electron chi connectivity index (χ1n) is 6.59. The van der Waals surface area contributed by atoms with Crippen molar-refractivity contribution in [2.45, 2.75) is 37.3 Å². The van der Waals surface area contributed by atoms with Crippen LogP contribution in [0.25, 0.3) is 0 Å². The van der Waals surface area contributed by atoms with Crippen molar-refractivity contribution in [1.29, 1.82) is 0 Å². The van der Waals surface area contributed by atoms with E-state index in [0.717, 1.165) is 0 Å². The van der Waals surface area contributed by atoms with Crippen LogP contribution in [-0.2, 0) is 5.54 Å². The molecule has 0 bridgehead atoms. The van der Waals surface area contributed by atoms with E-state index >= 15 is 0 Å². The summed E-state index contributed by atoms with van der Waals surface area (Å²) in [5.41, 5.74) is 1.72. The quantitative estimate of drug-likeness (QED) is 0.862. The number of nitrogens with one attached hydrogen (secondary N) is 1. The van der Waals surface area contributed by atoms with Gasteiger partial charge in [0.05, 0.1) is 0 Å². The Morgan fingerprint density at radius 2 is 1.71 bits per heavy atom. The molecule has 1 aromatic rings. The highest BCUT2D eigenvalue weighted by Crippen LogP contribution is 2.40. The van der Waals surface area contributed by atoms with Crippen LogP contribution >= 0.6 is 0 Å². The van der Waals surface area contributed by atoms with Crippen LogP contribution in [0.15, 0.2) is 30.3 Å². The fourth-order valence-electron chi connectivity index (χ4n) is 3.13. The maximum Gasteiger partial charge on any atom is 0.0455 e. The van der Waals surface area contributed by atoms with Gasteiger partial charge in [0.15, 0.2) is 0 Å². The van der Waals surface area contributed by atoms with Crippen molar-refractivity contribution in [3.63, 3.8) is 0 Å². The van der Waals surface area contributed by atoms with Gasteiger partial charge >= 0.3 is 0 Å². The van der Waals surface area contributed by atoms with E-state index in [-0.39, 0.29) is 5.54 Å². The molecule has 0 radical (unpaired) electrons. The predicted molar refractivity (Wildman–Crippen MR) is 73.1 cm³/mol. The van der Waals surface area contributed by atoms with Crippen molar-refractivity contribution >= 4 is 0 Å². The van der Waals surface area contributed by atoms with Gasteiger partial charge in [0.2, 0.25) is 0 Å². The standard InChI is InChI=1S/C15H24N2/c1-16-14-9-11-15(12-10-14,17(2)3)13-7-5-4-6-8-13/h4-8,14,16H,9-12H2,1-3H3/t14-,15-. The van der Waals surface area contributed by atoms with E-state index in [1.807, 2.05) is 0 Å². The maximum absolute atomic E-state index is 3.41. The van der Waals surface area contributed by atoms with Gasteiger partial charge in [-0.1, -0.05) is 30.3 Å². The summed E-state index contributed by atoms with van der Waals surface area (Å²) in [4.78, 5) is 2.41. The molecule has 0 atom stereocenters. The Labute approximate surface area is 105 Å². The van der Waals surface area contributed by atoms with Crippen molar-refractivity contribution in [3.05, 3.63) is 35.9 Å².